The molecule has 3 aromatic rings. The van der Waals surface area contributed by atoms with Gasteiger partial charge in [0.15, 0.2) is 0 Å². The van der Waals surface area contributed by atoms with E-state index in [1.807, 2.05) is 48.5 Å². The Bertz CT molecular complexity index is 949. The SMILES string of the molecule is COc1ccccc1N1CCC(NC(=O)Cn2cc(-c3ccccc3)nn2)CC1. The molecule has 1 aliphatic heterocycles. The molecule has 7 nitrogen and oxygen atoms in total. The Kier molecular flexibility index (Phi) is 5.74. The Morgan fingerprint density at radius 2 is 1.83 bits per heavy atom. The van der Waals surface area contributed by atoms with E-state index in [9.17, 15) is 4.79 Å². The van der Waals surface area contributed by atoms with Gasteiger partial charge in [0, 0.05) is 24.7 Å². The third-order valence-corrected chi connectivity index (χ3v) is 5.20. The van der Waals surface area contributed by atoms with Crippen LogP contribution in [0, 0.1) is 0 Å². The zero-order chi connectivity index (χ0) is 20.1. The number of aromatic nitrogens is 3. The highest BCUT2D eigenvalue weighted by Gasteiger charge is 2.22. The molecule has 1 aromatic heterocycles. The fourth-order valence-electron chi connectivity index (χ4n) is 3.69. The second kappa shape index (κ2) is 8.77. The Morgan fingerprint density at radius 1 is 1.10 bits per heavy atom. The normalized spacial score (nSPS) is 14.6. The van der Waals surface area contributed by atoms with Gasteiger partial charge in [-0.15, -0.1) is 5.10 Å². The topological polar surface area (TPSA) is 72.3 Å². The van der Waals surface area contributed by atoms with Crippen molar-refractivity contribution in [2.24, 2.45) is 0 Å². The molecule has 0 radical (unpaired) electrons. The highest BCUT2D eigenvalue weighted by Crippen LogP contribution is 2.29. The first-order valence-electron chi connectivity index (χ1n) is 9.86. The lowest BCUT2D eigenvalue weighted by atomic mass is 10.0. The quantitative estimate of drug-likeness (QED) is 0.700. The van der Waals surface area contributed by atoms with Crippen LogP contribution in [-0.4, -0.2) is 47.1 Å². The van der Waals surface area contributed by atoms with E-state index >= 15 is 0 Å². The van der Waals surface area contributed by atoms with Crippen LogP contribution in [0.2, 0.25) is 0 Å². The van der Waals surface area contributed by atoms with Crippen molar-refractivity contribution in [3.63, 3.8) is 0 Å². The Labute approximate surface area is 170 Å². The number of benzene rings is 2. The zero-order valence-electron chi connectivity index (χ0n) is 16.5. The monoisotopic (exact) mass is 391 g/mol. The number of nitrogens with zero attached hydrogens (tertiary/aromatic N) is 4. The number of piperidine rings is 1. The van der Waals surface area contributed by atoms with E-state index in [2.05, 4.69) is 26.6 Å². The first kappa shape index (κ1) is 19.0. The highest BCUT2D eigenvalue weighted by atomic mass is 16.5. The van der Waals surface area contributed by atoms with Gasteiger partial charge in [0.25, 0.3) is 0 Å². The van der Waals surface area contributed by atoms with Crippen LogP contribution in [0.1, 0.15) is 12.8 Å². The average Bonchev–Trinajstić information content (AvgIpc) is 3.23. The molecule has 1 amide bonds. The molecule has 0 aliphatic carbocycles. The molecule has 150 valence electrons. The van der Waals surface area contributed by atoms with Gasteiger partial charge in [0.2, 0.25) is 5.91 Å². The summed E-state index contributed by atoms with van der Waals surface area (Å²) in [5.74, 6) is 0.848. The predicted molar refractivity (Wildman–Crippen MR) is 112 cm³/mol. The van der Waals surface area contributed by atoms with Gasteiger partial charge in [-0.05, 0) is 25.0 Å². The molecule has 0 saturated carbocycles. The molecule has 29 heavy (non-hydrogen) atoms. The van der Waals surface area contributed by atoms with Crippen molar-refractivity contribution in [2.75, 3.05) is 25.1 Å². The van der Waals surface area contributed by atoms with Crippen molar-refractivity contribution in [3.8, 4) is 17.0 Å². The number of amides is 1. The minimum absolute atomic E-state index is 0.0368. The molecule has 2 aromatic carbocycles. The summed E-state index contributed by atoms with van der Waals surface area (Å²) in [6, 6.07) is 18.0. The summed E-state index contributed by atoms with van der Waals surface area (Å²) in [6.07, 6.45) is 3.60. The fourth-order valence-corrected chi connectivity index (χ4v) is 3.69. The van der Waals surface area contributed by atoms with Gasteiger partial charge in [0.05, 0.1) is 19.0 Å². The van der Waals surface area contributed by atoms with Crippen LogP contribution in [0.3, 0.4) is 0 Å². The molecule has 1 aliphatic rings. The van der Waals surface area contributed by atoms with Crippen molar-refractivity contribution < 1.29 is 9.53 Å². The molecule has 1 fully saturated rings. The summed E-state index contributed by atoms with van der Waals surface area (Å²) >= 11 is 0. The average molecular weight is 391 g/mol. The van der Waals surface area contributed by atoms with Crippen LogP contribution in [0.4, 0.5) is 5.69 Å². The first-order chi connectivity index (χ1) is 14.2. The number of rotatable bonds is 6. The second-order valence-electron chi connectivity index (χ2n) is 7.17. The largest absolute Gasteiger partial charge is 0.495 e. The minimum Gasteiger partial charge on any atom is -0.495 e. The van der Waals surface area contributed by atoms with E-state index in [0.717, 1.165) is 48.6 Å². The second-order valence-corrected chi connectivity index (χ2v) is 7.17. The molecule has 0 unspecified atom stereocenters. The number of methoxy groups -OCH3 is 1. The molecule has 7 heteroatoms. The van der Waals surface area contributed by atoms with E-state index in [0.29, 0.717) is 0 Å². The minimum atomic E-state index is -0.0368. The molecule has 4 rings (SSSR count). The number of ether oxygens (including phenoxy) is 1. The predicted octanol–water partition coefficient (Wildman–Crippen LogP) is 2.74. The van der Waals surface area contributed by atoms with Gasteiger partial charge >= 0.3 is 0 Å². The summed E-state index contributed by atoms with van der Waals surface area (Å²) in [5, 5.41) is 11.4. The summed E-state index contributed by atoms with van der Waals surface area (Å²) < 4.78 is 7.05. The van der Waals surface area contributed by atoms with Crippen LogP contribution in [0.5, 0.6) is 5.75 Å². The van der Waals surface area contributed by atoms with Gasteiger partial charge in [-0.1, -0.05) is 47.7 Å². The number of carbonyl (C=O) groups is 1. The van der Waals surface area contributed by atoms with Crippen molar-refractivity contribution in [1.82, 2.24) is 20.3 Å². The number of anilines is 1. The molecule has 0 spiro atoms. The Hall–Kier alpha value is -3.35. The summed E-state index contributed by atoms with van der Waals surface area (Å²) in [5.41, 5.74) is 2.86. The van der Waals surface area contributed by atoms with Crippen LogP contribution in [-0.2, 0) is 11.3 Å². The fraction of sp³-hybridized carbons (Fsp3) is 0.318. The standard InChI is InChI=1S/C22H25N5O2/c1-29-21-10-6-5-9-20(21)26-13-11-18(12-14-26)23-22(28)16-27-15-19(24-25-27)17-7-3-2-4-8-17/h2-10,15,18H,11-14,16H2,1H3,(H,23,28). The van der Waals surface area contributed by atoms with Crippen molar-refractivity contribution >= 4 is 11.6 Å². The number of para-hydroxylation sites is 2. The highest BCUT2D eigenvalue weighted by molar-refractivity contribution is 5.76. The van der Waals surface area contributed by atoms with E-state index in [4.69, 9.17) is 4.74 Å². The third-order valence-electron chi connectivity index (χ3n) is 5.20. The number of carbonyl (C=O) groups excluding carboxylic acids is 1. The third kappa shape index (κ3) is 4.56. The van der Waals surface area contributed by atoms with Crippen LogP contribution in [0.25, 0.3) is 11.3 Å². The molecule has 2 heterocycles. The maximum Gasteiger partial charge on any atom is 0.242 e. The maximum atomic E-state index is 12.4. The van der Waals surface area contributed by atoms with Crippen molar-refractivity contribution in [3.05, 3.63) is 60.8 Å². The Morgan fingerprint density at radius 3 is 2.59 bits per heavy atom. The number of hydrogen-bond acceptors (Lipinski definition) is 5. The molecule has 0 atom stereocenters. The summed E-state index contributed by atoms with van der Waals surface area (Å²) in [6.45, 7) is 1.94. The van der Waals surface area contributed by atoms with Gasteiger partial charge in [-0.2, -0.15) is 0 Å². The molecule has 1 N–H and O–H groups in total. The van der Waals surface area contributed by atoms with Gasteiger partial charge in [0.1, 0.15) is 18.0 Å². The Balaban J connectivity index is 1.29. The number of hydrogen-bond donors (Lipinski definition) is 1. The van der Waals surface area contributed by atoms with Crippen LogP contribution < -0.4 is 15.0 Å². The summed E-state index contributed by atoms with van der Waals surface area (Å²) in [4.78, 5) is 14.8. The molecule has 1 saturated heterocycles. The van der Waals surface area contributed by atoms with Crippen molar-refractivity contribution in [1.29, 1.82) is 0 Å². The van der Waals surface area contributed by atoms with E-state index < -0.39 is 0 Å². The van der Waals surface area contributed by atoms with E-state index in [-0.39, 0.29) is 18.5 Å². The van der Waals surface area contributed by atoms with E-state index in [1.165, 1.54) is 0 Å². The zero-order valence-corrected chi connectivity index (χ0v) is 16.5. The van der Waals surface area contributed by atoms with Crippen LogP contribution in [0.15, 0.2) is 60.8 Å². The maximum absolute atomic E-state index is 12.4. The van der Waals surface area contributed by atoms with Crippen LogP contribution >= 0.6 is 0 Å². The molecule has 0 bridgehead atoms. The summed E-state index contributed by atoms with van der Waals surface area (Å²) in [7, 11) is 1.69. The lowest BCUT2D eigenvalue weighted by Gasteiger charge is -2.34. The van der Waals surface area contributed by atoms with Gasteiger partial charge in [-0.3, -0.25) is 4.79 Å². The molecular formula is C22H25N5O2. The smallest absolute Gasteiger partial charge is 0.242 e. The lowest BCUT2D eigenvalue weighted by molar-refractivity contribution is -0.122. The number of nitrogens with one attached hydrogen (secondary N) is 1. The lowest BCUT2D eigenvalue weighted by Crippen LogP contribution is -2.45. The van der Waals surface area contributed by atoms with Gasteiger partial charge in [-0.25, -0.2) is 4.68 Å². The first-order valence-corrected chi connectivity index (χ1v) is 9.86. The van der Waals surface area contributed by atoms with E-state index in [1.54, 1.807) is 18.0 Å². The van der Waals surface area contributed by atoms with Crippen molar-refractivity contribution in [2.45, 2.75) is 25.4 Å². The van der Waals surface area contributed by atoms with Gasteiger partial charge < -0.3 is 15.0 Å². The molecular weight excluding hydrogens is 366 g/mol.